The number of aryl methyl sites for hydroxylation is 2. The van der Waals surface area contributed by atoms with Gasteiger partial charge in [0.05, 0.1) is 35.2 Å². The summed E-state index contributed by atoms with van der Waals surface area (Å²) >= 11 is 6.02. The van der Waals surface area contributed by atoms with Gasteiger partial charge in [-0.15, -0.1) is 6.42 Å². The highest BCUT2D eigenvalue weighted by Gasteiger charge is 2.19. The third-order valence-electron chi connectivity index (χ3n) is 6.56. The molecule has 0 saturated heterocycles. The zero-order chi connectivity index (χ0) is 32.1. The molecular weight excluding hydrogens is 578 g/mol. The molecule has 4 N–H and O–H groups in total. The molecule has 5 aromatic heterocycles. The van der Waals surface area contributed by atoms with Gasteiger partial charge < -0.3 is 11.5 Å². The number of pyridine rings is 3. The SMILES string of the molecule is C#Cc1nc(C(N)=O)n(-c2ccc(C)nc2)c1C.Cc1ccc(-n2c(C(N)=O)nc(C#Cc3ccnc(Cl)c3C)c2C)cn1. The minimum atomic E-state index is -0.634. The molecule has 220 valence electrons. The van der Waals surface area contributed by atoms with Crippen molar-refractivity contribution in [3.8, 4) is 35.6 Å². The van der Waals surface area contributed by atoms with Gasteiger partial charge in [-0.05, 0) is 76.8 Å². The number of terminal acetylenes is 1. The van der Waals surface area contributed by atoms with Crippen LogP contribution in [0.15, 0.2) is 48.9 Å². The zero-order valence-electron chi connectivity index (χ0n) is 24.7. The van der Waals surface area contributed by atoms with E-state index in [0.29, 0.717) is 39.3 Å². The Labute approximate surface area is 259 Å². The number of nitrogens with two attached hydrogens (primary N) is 2. The average Bonchev–Trinajstić information content (AvgIpc) is 3.51. The second kappa shape index (κ2) is 13.0. The Morgan fingerprint density at radius 2 is 1.25 bits per heavy atom. The lowest BCUT2D eigenvalue weighted by Gasteiger charge is -2.07. The van der Waals surface area contributed by atoms with Crippen LogP contribution in [0.4, 0.5) is 0 Å². The third-order valence-corrected chi connectivity index (χ3v) is 6.94. The highest BCUT2D eigenvalue weighted by molar-refractivity contribution is 6.30. The molecule has 12 heteroatoms. The molecule has 0 unspecified atom stereocenters. The third kappa shape index (κ3) is 6.49. The van der Waals surface area contributed by atoms with Crippen LogP contribution in [-0.2, 0) is 0 Å². The molecule has 0 radical (unpaired) electrons. The van der Waals surface area contributed by atoms with Gasteiger partial charge in [0.25, 0.3) is 11.8 Å². The summed E-state index contributed by atoms with van der Waals surface area (Å²) in [6.45, 7) is 9.23. The van der Waals surface area contributed by atoms with E-state index in [1.807, 2.05) is 52.0 Å². The van der Waals surface area contributed by atoms with Gasteiger partial charge in [0.15, 0.2) is 0 Å². The Morgan fingerprint density at radius 3 is 1.70 bits per heavy atom. The largest absolute Gasteiger partial charge is 0.363 e. The van der Waals surface area contributed by atoms with E-state index in [2.05, 4.69) is 42.7 Å². The van der Waals surface area contributed by atoms with Crippen LogP contribution < -0.4 is 11.5 Å². The first kappa shape index (κ1) is 31.2. The van der Waals surface area contributed by atoms with Gasteiger partial charge >= 0.3 is 0 Å². The van der Waals surface area contributed by atoms with Crippen molar-refractivity contribution >= 4 is 23.4 Å². The second-order valence-corrected chi connectivity index (χ2v) is 9.98. The molecule has 0 fully saturated rings. The van der Waals surface area contributed by atoms with Crippen LogP contribution in [0, 0.1) is 58.8 Å². The fourth-order valence-corrected chi connectivity index (χ4v) is 4.34. The predicted molar refractivity (Wildman–Crippen MR) is 167 cm³/mol. The Kier molecular flexibility index (Phi) is 9.23. The Morgan fingerprint density at radius 1 is 0.750 bits per heavy atom. The molecule has 0 aliphatic carbocycles. The monoisotopic (exact) mass is 605 g/mol. The van der Waals surface area contributed by atoms with Crippen LogP contribution in [0.5, 0.6) is 0 Å². The normalized spacial score (nSPS) is 10.2. The van der Waals surface area contributed by atoms with Crippen molar-refractivity contribution < 1.29 is 9.59 Å². The summed E-state index contributed by atoms with van der Waals surface area (Å²) in [5, 5.41) is 0.405. The van der Waals surface area contributed by atoms with Gasteiger partial charge in [0.2, 0.25) is 11.6 Å². The first-order valence-corrected chi connectivity index (χ1v) is 13.5. The van der Waals surface area contributed by atoms with E-state index in [9.17, 15) is 9.59 Å². The number of carbonyl (C=O) groups excluding carboxylic acids is 2. The van der Waals surface area contributed by atoms with Crippen LogP contribution in [0.3, 0.4) is 0 Å². The van der Waals surface area contributed by atoms with E-state index < -0.39 is 11.8 Å². The van der Waals surface area contributed by atoms with Crippen molar-refractivity contribution in [2.45, 2.75) is 34.6 Å². The van der Waals surface area contributed by atoms with Gasteiger partial charge in [-0.2, -0.15) is 0 Å². The van der Waals surface area contributed by atoms with E-state index in [-0.39, 0.29) is 11.6 Å². The van der Waals surface area contributed by atoms with Gasteiger partial charge in [-0.25, -0.2) is 15.0 Å². The number of halogens is 1. The predicted octanol–water partition coefficient (Wildman–Crippen LogP) is 3.70. The maximum atomic E-state index is 11.8. The highest BCUT2D eigenvalue weighted by Crippen LogP contribution is 2.19. The van der Waals surface area contributed by atoms with Crippen LogP contribution >= 0.6 is 11.6 Å². The zero-order valence-corrected chi connectivity index (χ0v) is 25.4. The van der Waals surface area contributed by atoms with Gasteiger partial charge in [0, 0.05) is 28.7 Å². The van der Waals surface area contributed by atoms with E-state index in [1.165, 1.54) is 0 Å². The van der Waals surface area contributed by atoms with E-state index >= 15 is 0 Å². The molecule has 11 nitrogen and oxygen atoms in total. The van der Waals surface area contributed by atoms with Crippen LogP contribution in [-0.4, -0.2) is 45.9 Å². The molecule has 0 aliphatic rings. The van der Waals surface area contributed by atoms with E-state index in [0.717, 1.165) is 22.5 Å². The number of aromatic nitrogens is 7. The summed E-state index contributed by atoms with van der Waals surface area (Å²) in [7, 11) is 0. The maximum absolute atomic E-state index is 11.8. The lowest BCUT2D eigenvalue weighted by atomic mass is 10.1. The molecule has 5 heterocycles. The van der Waals surface area contributed by atoms with Crippen LogP contribution in [0.25, 0.3) is 11.4 Å². The molecule has 0 aromatic carbocycles. The first-order chi connectivity index (χ1) is 20.9. The molecule has 44 heavy (non-hydrogen) atoms. The number of amides is 2. The van der Waals surface area contributed by atoms with Crippen molar-refractivity contribution in [3.05, 3.63) is 111 Å². The lowest BCUT2D eigenvalue weighted by molar-refractivity contribution is 0.0980. The van der Waals surface area contributed by atoms with Crippen LogP contribution in [0.1, 0.15) is 66.5 Å². The van der Waals surface area contributed by atoms with Crippen molar-refractivity contribution in [1.82, 2.24) is 34.1 Å². The smallest absolute Gasteiger partial charge is 0.285 e. The molecule has 0 bridgehead atoms. The highest BCUT2D eigenvalue weighted by atomic mass is 35.5. The number of imidazole rings is 2. The van der Waals surface area contributed by atoms with Gasteiger partial charge in [-0.1, -0.05) is 17.5 Å². The number of carbonyl (C=O) groups is 2. The summed E-state index contributed by atoms with van der Waals surface area (Å²) in [4.78, 5) is 44.1. The van der Waals surface area contributed by atoms with Crippen molar-refractivity contribution in [1.29, 1.82) is 0 Å². The Balaban J connectivity index is 0.000000215. The Bertz CT molecular complexity index is 1990. The number of hydrogen-bond acceptors (Lipinski definition) is 7. The fourth-order valence-electron chi connectivity index (χ4n) is 4.18. The number of primary amides is 2. The average molecular weight is 606 g/mol. The minimum Gasteiger partial charge on any atom is -0.363 e. The molecule has 0 atom stereocenters. The molecular formula is C32H28ClN9O2. The van der Waals surface area contributed by atoms with E-state index in [4.69, 9.17) is 29.5 Å². The van der Waals surface area contributed by atoms with Crippen molar-refractivity contribution in [2.75, 3.05) is 0 Å². The molecule has 5 aromatic rings. The molecule has 0 aliphatic heterocycles. The van der Waals surface area contributed by atoms with Crippen molar-refractivity contribution in [2.24, 2.45) is 11.5 Å². The Hall–Kier alpha value is -5.78. The number of nitrogens with zero attached hydrogens (tertiary/aromatic N) is 7. The maximum Gasteiger partial charge on any atom is 0.285 e. The lowest BCUT2D eigenvalue weighted by Crippen LogP contribution is -2.18. The van der Waals surface area contributed by atoms with Crippen LogP contribution in [0.2, 0.25) is 5.15 Å². The first-order valence-electron chi connectivity index (χ1n) is 13.2. The topological polar surface area (TPSA) is 160 Å². The number of rotatable bonds is 4. The summed E-state index contributed by atoms with van der Waals surface area (Å²) < 4.78 is 3.27. The van der Waals surface area contributed by atoms with Crippen molar-refractivity contribution in [3.63, 3.8) is 0 Å². The summed E-state index contributed by atoms with van der Waals surface area (Å²) in [5.41, 5.74) is 17.8. The quantitative estimate of drug-likeness (QED) is 0.233. The number of hydrogen-bond donors (Lipinski definition) is 2. The molecule has 2 amide bonds. The van der Waals surface area contributed by atoms with Gasteiger partial charge in [0.1, 0.15) is 16.5 Å². The fraction of sp³-hybridized carbons (Fsp3) is 0.156. The molecule has 0 spiro atoms. The summed E-state index contributed by atoms with van der Waals surface area (Å²) in [6, 6.07) is 9.17. The molecule has 5 rings (SSSR count). The minimum absolute atomic E-state index is 0.113. The molecule has 0 saturated carbocycles. The standard InChI is InChI=1S/C19H16ClN5O.C13H12N4O/c1-11-4-6-15(10-23-11)25-13(3)16(24-19(25)18(21)26)7-5-14-8-9-22-17(20)12(14)2;1-4-11-9(3)17(13(16-11)12(14)18)10-6-5-8(2)15-7-10/h4,6,8-10H,1-3H3,(H2,21,26);1,5-7H,2-3H3,(H2,14,18). The summed E-state index contributed by atoms with van der Waals surface area (Å²) in [6.07, 6.45) is 10.3. The summed E-state index contributed by atoms with van der Waals surface area (Å²) in [5.74, 6) is 7.43. The van der Waals surface area contributed by atoms with Gasteiger partial charge in [-0.3, -0.25) is 28.7 Å². The second-order valence-electron chi connectivity index (χ2n) is 9.62. The van der Waals surface area contributed by atoms with E-state index in [1.54, 1.807) is 40.7 Å².